The molecule has 0 radical (unpaired) electrons. The number of benzene rings is 1. The van der Waals surface area contributed by atoms with E-state index >= 15 is 0 Å². The molecule has 3 heteroatoms. The molecule has 1 aromatic carbocycles. The molecule has 0 aliphatic carbocycles. The predicted octanol–water partition coefficient (Wildman–Crippen LogP) is 2.90. The molecule has 0 aliphatic rings. The molecule has 0 aliphatic heterocycles. The van der Waals surface area contributed by atoms with Crippen LogP contribution in [0.4, 0.5) is 0 Å². The van der Waals surface area contributed by atoms with Gasteiger partial charge in [0.2, 0.25) is 0 Å². The van der Waals surface area contributed by atoms with Gasteiger partial charge in [-0.2, -0.15) is 0 Å². The summed E-state index contributed by atoms with van der Waals surface area (Å²) < 4.78 is 5.16. The first-order valence-corrected chi connectivity index (χ1v) is 6.82. The van der Waals surface area contributed by atoms with Crippen molar-refractivity contribution in [3.8, 4) is 5.75 Å². The number of hydrogen-bond donors (Lipinski definition) is 2. The van der Waals surface area contributed by atoms with Crippen molar-refractivity contribution in [2.45, 2.75) is 45.6 Å². The molecule has 0 bridgehead atoms. The van der Waals surface area contributed by atoms with E-state index in [1.54, 1.807) is 7.11 Å². The molecule has 1 atom stereocenters. The minimum absolute atomic E-state index is 0.350. The Morgan fingerprint density at radius 2 is 1.78 bits per heavy atom. The van der Waals surface area contributed by atoms with E-state index in [0.29, 0.717) is 6.04 Å². The Kier molecular flexibility index (Phi) is 6.76. The van der Waals surface area contributed by atoms with Gasteiger partial charge >= 0.3 is 0 Å². The topological polar surface area (TPSA) is 47.3 Å². The van der Waals surface area contributed by atoms with Crippen LogP contribution in [0, 0.1) is 5.92 Å². The summed E-state index contributed by atoms with van der Waals surface area (Å²) in [5.74, 6) is 7.31. The monoisotopic (exact) mass is 250 g/mol. The molecule has 0 spiro atoms. The van der Waals surface area contributed by atoms with E-state index in [1.165, 1.54) is 18.4 Å². The molecule has 0 heterocycles. The number of rotatable bonds is 8. The summed E-state index contributed by atoms with van der Waals surface area (Å²) >= 11 is 0. The first kappa shape index (κ1) is 15.0. The van der Waals surface area contributed by atoms with Gasteiger partial charge in [0, 0.05) is 6.04 Å². The Morgan fingerprint density at radius 1 is 1.17 bits per heavy atom. The zero-order valence-corrected chi connectivity index (χ0v) is 11.8. The molecule has 0 fully saturated rings. The maximum Gasteiger partial charge on any atom is 0.118 e. The molecule has 0 saturated carbocycles. The Labute approximate surface area is 111 Å². The van der Waals surface area contributed by atoms with Gasteiger partial charge in [-0.15, -0.1) is 0 Å². The molecule has 0 aromatic heterocycles. The van der Waals surface area contributed by atoms with Gasteiger partial charge in [-0.25, -0.2) is 0 Å². The van der Waals surface area contributed by atoms with Crippen molar-refractivity contribution in [1.29, 1.82) is 0 Å². The van der Waals surface area contributed by atoms with Crippen LogP contribution in [0.1, 0.15) is 38.7 Å². The van der Waals surface area contributed by atoms with Crippen molar-refractivity contribution in [1.82, 2.24) is 5.43 Å². The van der Waals surface area contributed by atoms with Crippen LogP contribution in [0.25, 0.3) is 0 Å². The summed E-state index contributed by atoms with van der Waals surface area (Å²) in [4.78, 5) is 0. The maximum absolute atomic E-state index is 5.66. The highest BCUT2D eigenvalue weighted by Gasteiger charge is 2.13. The van der Waals surface area contributed by atoms with E-state index in [-0.39, 0.29) is 0 Å². The number of ether oxygens (including phenoxy) is 1. The summed E-state index contributed by atoms with van der Waals surface area (Å²) in [5.41, 5.74) is 4.24. The molecule has 1 unspecified atom stereocenters. The molecule has 3 N–H and O–H groups in total. The summed E-state index contributed by atoms with van der Waals surface area (Å²) in [6, 6.07) is 8.56. The number of hydrogen-bond acceptors (Lipinski definition) is 3. The minimum Gasteiger partial charge on any atom is -0.497 e. The van der Waals surface area contributed by atoms with Crippen LogP contribution in [0.3, 0.4) is 0 Å². The molecule has 18 heavy (non-hydrogen) atoms. The molecule has 0 saturated heterocycles. The average molecular weight is 250 g/mol. The number of nitrogens with one attached hydrogen (secondary N) is 1. The third-order valence-electron chi connectivity index (χ3n) is 3.65. The lowest BCUT2D eigenvalue weighted by molar-refractivity contribution is 0.366. The Balaban J connectivity index is 2.55. The summed E-state index contributed by atoms with van der Waals surface area (Å²) in [6.45, 7) is 4.49. The van der Waals surface area contributed by atoms with Crippen LogP contribution in [-0.4, -0.2) is 13.2 Å². The van der Waals surface area contributed by atoms with E-state index in [0.717, 1.165) is 24.5 Å². The Bertz CT molecular complexity index is 320. The van der Waals surface area contributed by atoms with Crippen LogP contribution < -0.4 is 16.0 Å². The van der Waals surface area contributed by atoms with Crippen LogP contribution in [0.5, 0.6) is 5.75 Å². The number of methoxy groups -OCH3 is 1. The largest absolute Gasteiger partial charge is 0.497 e. The zero-order valence-electron chi connectivity index (χ0n) is 11.8. The summed E-state index contributed by atoms with van der Waals surface area (Å²) in [7, 11) is 1.69. The normalized spacial score (nSPS) is 12.7. The predicted molar refractivity (Wildman–Crippen MR) is 76.5 cm³/mol. The van der Waals surface area contributed by atoms with Gasteiger partial charge in [0.25, 0.3) is 0 Å². The van der Waals surface area contributed by atoms with E-state index in [4.69, 9.17) is 10.6 Å². The van der Waals surface area contributed by atoms with E-state index in [1.807, 2.05) is 12.1 Å². The van der Waals surface area contributed by atoms with Crippen molar-refractivity contribution < 1.29 is 4.74 Å². The smallest absolute Gasteiger partial charge is 0.118 e. The highest BCUT2D eigenvalue weighted by atomic mass is 16.5. The van der Waals surface area contributed by atoms with E-state index in [9.17, 15) is 0 Å². The molecular weight excluding hydrogens is 224 g/mol. The van der Waals surface area contributed by atoms with Gasteiger partial charge in [0.1, 0.15) is 5.75 Å². The van der Waals surface area contributed by atoms with Crippen LogP contribution >= 0.6 is 0 Å². The van der Waals surface area contributed by atoms with E-state index in [2.05, 4.69) is 31.4 Å². The third-order valence-corrected chi connectivity index (χ3v) is 3.65. The summed E-state index contributed by atoms with van der Waals surface area (Å²) in [5, 5.41) is 0. The van der Waals surface area contributed by atoms with Crippen LogP contribution in [0.2, 0.25) is 0 Å². The van der Waals surface area contributed by atoms with Crippen molar-refractivity contribution in [3.63, 3.8) is 0 Å². The fraction of sp³-hybridized carbons (Fsp3) is 0.600. The van der Waals surface area contributed by atoms with Crippen molar-refractivity contribution in [2.75, 3.05) is 7.11 Å². The van der Waals surface area contributed by atoms with Crippen molar-refractivity contribution in [2.24, 2.45) is 11.8 Å². The highest BCUT2D eigenvalue weighted by Crippen LogP contribution is 2.18. The lowest BCUT2D eigenvalue weighted by Gasteiger charge is -2.21. The SMILES string of the molecule is CCC(CC)CC(Cc1ccc(OC)cc1)NN. The maximum atomic E-state index is 5.66. The quantitative estimate of drug-likeness (QED) is 0.551. The molecule has 1 rings (SSSR count). The summed E-state index contributed by atoms with van der Waals surface area (Å²) in [6.07, 6.45) is 4.54. The van der Waals surface area contributed by atoms with Gasteiger partial charge < -0.3 is 4.74 Å². The minimum atomic E-state index is 0.350. The average Bonchev–Trinajstić information content (AvgIpc) is 2.44. The van der Waals surface area contributed by atoms with Crippen molar-refractivity contribution in [3.05, 3.63) is 29.8 Å². The Hall–Kier alpha value is -1.06. The molecule has 1 aromatic rings. The second-order valence-corrected chi connectivity index (χ2v) is 4.83. The van der Waals surface area contributed by atoms with Crippen LogP contribution in [-0.2, 0) is 6.42 Å². The molecule has 3 nitrogen and oxygen atoms in total. The lowest BCUT2D eigenvalue weighted by Crippen LogP contribution is -2.38. The van der Waals surface area contributed by atoms with Crippen molar-refractivity contribution >= 4 is 0 Å². The lowest BCUT2D eigenvalue weighted by atomic mass is 9.92. The molecular formula is C15H26N2O. The molecule has 102 valence electrons. The number of nitrogens with two attached hydrogens (primary N) is 1. The van der Waals surface area contributed by atoms with Gasteiger partial charge in [0.15, 0.2) is 0 Å². The zero-order chi connectivity index (χ0) is 13.4. The van der Waals surface area contributed by atoms with Gasteiger partial charge in [-0.3, -0.25) is 11.3 Å². The fourth-order valence-electron chi connectivity index (χ4n) is 2.28. The first-order valence-electron chi connectivity index (χ1n) is 6.82. The number of hydrazine groups is 1. The standard InChI is InChI=1S/C15H26N2O/c1-4-12(5-2)10-14(17-16)11-13-6-8-15(18-3)9-7-13/h6-9,12,14,17H,4-5,10-11,16H2,1-3H3. The van der Waals surface area contributed by atoms with Gasteiger partial charge in [0.05, 0.1) is 7.11 Å². The third kappa shape index (κ3) is 4.67. The van der Waals surface area contributed by atoms with E-state index < -0.39 is 0 Å². The first-order chi connectivity index (χ1) is 8.73. The molecule has 0 amide bonds. The van der Waals surface area contributed by atoms with Gasteiger partial charge in [-0.05, 0) is 36.5 Å². The fourth-order valence-corrected chi connectivity index (χ4v) is 2.28. The Morgan fingerprint density at radius 3 is 2.22 bits per heavy atom. The van der Waals surface area contributed by atoms with Gasteiger partial charge in [-0.1, -0.05) is 38.8 Å². The highest BCUT2D eigenvalue weighted by molar-refractivity contribution is 5.27. The second kappa shape index (κ2) is 8.11. The van der Waals surface area contributed by atoms with Crippen LogP contribution in [0.15, 0.2) is 24.3 Å². The second-order valence-electron chi connectivity index (χ2n) is 4.83.